The van der Waals surface area contributed by atoms with E-state index in [-0.39, 0.29) is 0 Å². The van der Waals surface area contributed by atoms with Crippen LogP contribution in [0.1, 0.15) is 0 Å². The fourth-order valence-electron chi connectivity index (χ4n) is 2.92. The number of nitrogens with zero attached hydrogens (tertiary/aromatic N) is 3. The SMILES string of the molecule is C=C(Oc1ccc(-c2nc3ccccc3s2)cc1)N1CCN(C)CC1. The number of hydrogen-bond donors (Lipinski definition) is 0. The summed E-state index contributed by atoms with van der Waals surface area (Å²) >= 11 is 1.71. The summed E-state index contributed by atoms with van der Waals surface area (Å²) in [5.41, 5.74) is 2.16. The van der Waals surface area contributed by atoms with Crippen LogP contribution in [0.4, 0.5) is 0 Å². The van der Waals surface area contributed by atoms with Crippen LogP contribution >= 0.6 is 11.3 Å². The number of para-hydroxylation sites is 1. The molecule has 0 spiro atoms. The number of aromatic nitrogens is 1. The van der Waals surface area contributed by atoms with E-state index in [1.807, 2.05) is 30.3 Å². The van der Waals surface area contributed by atoms with Crippen molar-refractivity contribution in [1.82, 2.24) is 14.8 Å². The number of piperazine rings is 1. The number of fused-ring (bicyclic) bond motifs is 1. The maximum Gasteiger partial charge on any atom is 0.188 e. The molecule has 2 aromatic carbocycles. The molecule has 128 valence electrons. The van der Waals surface area contributed by atoms with Crippen molar-refractivity contribution in [2.45, 2.75) is 0 Å². The molecule has 1 fully saturated rings. The molecule has 3 aromatic rings. The largest absolute Gasteiger partial charge is 0.442 e. The number of likely N-dealkylation sites (N-methyl/N-ethyl adjacent to an activating group) is 1. The van der Waals surface area contributed by atoms with E-state index in [4.69, 9.17) is 9.72 Å². The first-order chi connectivity index (χ1) is 12.2. The molecule has 2 heterocycles. The quantitative estimate of drug-likeness (QED) is 0.663. The van der Waals surface area contributed by atoms with Gasteiger partial charge >= 0.3 is 0 Å². The minimum absolute atomic E-state index is 0.723. The topological polar surface area (TPSA) is 28.6 Å². The van der Waals surface area contributed by atoms with Gasteiger partial charge in [0.15, 0.2) is 5.88 Å². The standard InChI is InChI=1S/C20H21N3OS/c1-15(23-13-11-22(2)12-14-23)24-17-9-7-16(8-10-17)20-21-18-5-3-4-6-19(18)25-20/h3-10H,1,11-14H2,2H3. The van der Waals surface area contributed by atoms with Gasteiger partial charge in [0.2, 0.25) is 0 Å². The van der Waals surface area contributed by atoms with Crippen LogP contribution in [0.25, 0.3) is 20.8 Å². The highest BCUT2D eigenvalue weighted by Crippen LogP contribution is 2.31. The monoisotopic (exact) mass is 351 g/mol. The second-order valence-electron chi connectivity index (χ2n) is 6.30. The lowest BCUT2D eigenvalue weighted by atomic mass is 10.2. The van der Waals surface area contributed by atoms with Crippen LogP contribution in [0.3, 0.4) is 0 Å². The molecular formula is C20H21N3OS. The molecule has 1 aromatic heterocycles. The molecule has 0 amide bonds. The van der Waals surface area contributed by atoms with Crippen LogP contribution in [0.5, 0.6) is 5.75 Å². The normalized spacial score (nSPS) is 15.5. The van der Waals surface area contributed by atoms with Gasteiger partial charge in [-0.05, 0) is 50.0 Å². The first kappa shape index (κ1) is 16.1. The Bertz CT molecular complexity index is 846. The van der Waals surface area contributed by atoms with E-state index in [9.17, 15) is 0 Å². The van der Waals surface area contributed by atoms with Gasteiger partial charge in [-0.1, -0.05) is 12.1 Å². The van der Waals surface area contributed by atoms with Crippen LogP contribution in [-0.2, 0) is 0 Å². The number of benzene rings is 2. The highest BCUT2D eigenvalue weighted by atomic mass is 32.1. The molecule has 1 aliphatic heterocycles. The molecule has 0 bridgehead atoms. The second kappa shape index (κ2) is 6.86. The summed E-state index contributed by atoms with van der Waals surface area (Å²) in [7, 11) is 2.14. The summed E-state index contributed by atoms with van der Waals surface area (Å²) in [6.45, 7) is 8.08. The minimum Gasteiger partial charge on any atom is -0.442 e. The van der Waals surface area contributed by atoms with Crippen molar-refractivity contribution in [2.24, 2.45) is 0 Å². The Morgan fingerprint density at radius 2 is 1.76 bits per heavy atom. The number of rotatable bonds is 4. The maximum absolute atomic E-state index is 5.93. The van der Waals surface area contributed by atoms with Crippen molar-refractivity contribution in [3.8, 4) is 16.3 Å². The van der Waals surface area contributed by atoms with Crippen LogP contribution < -0.4 is 4.74 Å². The smallest absolute Gasteiger partial charge is 0.188 e. The highest BCUT2D eigenvalue weighted by Gasteiger charge is 2.16. The average Bonchev–Trinajstić information content (AvgIpc) is 3.07. The minimum atomic E-state index is 0.723. The zero-order valence-electron chi connectivity index (χ0n) is 14.3. The molecule has 0 radical (unpaired) electrons. The Labute approximate surface area is 152 Å². The molecule has 0 atom stereocenters. The van der Waals surface area contributed by atoms with Crippen LogP contribution in [0, 0.1) is 0 Å². The van der Waals surface area contributed by atoms with Crippen LogP contribution in [0.2, 0.25) is 0 Å². The lowest BCUT2D eigenvalue weighted by Gasteiger charge is -2.34. The average molecular weight is 351 g/mol. The summed E-state index contributed by atoms with van der Waals surface area (Å²) < 4.78 is 7.14. The Hall–Kier alpha value is -2.37. The molecule has 0 aliphatic carbocycles. The number of thiazole rings is 1. The van der Waals surface area contributed by atoms with Gasteiger partial charge < -0.3 is 14.5 Å². The predicted octanol–water partition coefficient (Wildman–Crippen LogP) is 4.06. The Morgan fingerprint density at radius 3 is 2.48 bits per heavy atom. The van der Waals surface area contributed by atoms with Crippen LogP contribution in [0.15, 0.2) is 61.0 Å². The first-order valence-electron chi connectivity index (χ1n) is 8.45. The lowest BCUT2D eigenvalue weighted by molar-refractivity contribution is 0.137. The van der Waals surface area contributed by atoms with Gasteiger partial charge in [0.1, 0.15) is 10.8 Å². The third-order valence-corrected chi connectivity index (χ3v) is 5.57. The van der Waals surface area contributed by atoms with E-state index in [1.54, 1.807) is 11.3 Å². The van der Waals surface area contributed by atoms with Crippen molar-refractivity contribution in [2.75, 3.05) is 33.2 Å². The van der Waals surface area contributed by atoms with Crippen molar-refractivity contribution in [3.05, 3.63) is 61.0 Å². The first-order valence-corrected chi connectivity index (χ1v) is 9.27. The zero-order chi connectivity index (χ0) is 17.2. The van der Waals surface area contributed by atoms with E-state index in [1.165, 1.54) is 4.70 Å². The van der Waals surface area contributed by atoms with Crippen LogP contribution in [-0.4, -0.2) is 48.0 Å². The fraction of sp³-hybridized carbons (Fsp3) is 0.250. The lowest BCUT2D eigenvalue weighted by Crippen LogP contribution is -2.44. The van der Waals surface area contributed by atoms with Crippen molar-refractivity contribution in [1.29, 1.82) is 0 Å². The van der Waals surface area contributed by atoms with E-state index in [2.05, 4.69) is 41.6 Å². The molecule has 0 N–H and O–H groups in total. The molecule has 25 heavy (non-hydrogen) atoms. The third kappa shape index (κ3) is 3.52. The molecule has 1 aliphatic rings. The molecule has 4 rings (SSSR count). The molecule has 0 unspecified atom stereocenters. The molecule has 5 heteroatoms. The van der Waals surface area contributed by atoms with Gasteiger partial charge in [0.25, 0.3) is 0 Å². The van der Waals surface area contributed by atoms with Crippen molar-refractivity contribution in [3.63, 3.8) is 0 Å². The summed E-state index contributed by atoms with van der Waals surface area (Å²) in [5, 5.41) is 1.03. The number of hydrogen-bond acceptors (Lipinski definition) is 5. The van der Waals surface area contributed by atoms with Gasteiger partial charge in [0, 0.05) is 31.7 Å². The summed E-state index contributed by atoms with van der Waals surface area (Å²) in [6, 6.07) is 16.3. The van der Waals surface area contributed by atoms with E-state index in [0.29, 0.717) is 0 Å². The zero-order valence-corrected chi connectivity index (χ0v) is 15.1. The Kier molecular flexibility index (Phi) is 4.42. The second-order valence-corrected chi connectivity index (χ2v) is 7.33. The molecule has 4 nitrogen and oxygen atoms in total. The summed E-state index contributed by atoms with van der Waals surface area (Å²) in [6.07, 6.45) is 0. The Balaban J connectivity index is 1.45. The van der Waals surface area contributed by atoms with Crippen molar-refractivity contribution >= 4 is 21.6 Å². The molecule has 0 saturated carbocycles. The van der Waals surface area contributed by atoms with E-state index in [0.717, 1.165) is 53.9 Å². The van der Waals surface area contributed by atoms with Crippen molar-refractivity contribution < 1.29 is 4.74 Å². The van der Waals surface area contributed by atoms with Gasteiger partial charge in [-0.3, -0.25) is 0 Å². The Morgan fingerprint density at radius 1 is 1.04 bits per heavy atom. The molecular weight excluding hydrogens is 330 g/mol. The maximum atomic E-state index is 5.93. The van der Waals surface area contributed by atoms with Gasteiger partial charge in [-0.15, -0.1) is 11.3 Å². The van der Waals surface area contributed by atoms with E-state index >= 15 is 0 Å². The predicted molar refractivity (Wildman–Crippen MR) is 104 cm³/mol. The summed E-state index contributed by atoms with van der Waals surface area (Å²) in [5.74, 6) is 1.54. The fourth-order valence-corrected chi connectivity index (χ4v) is 3.89. The molecule has 1 saturated heterocycles. The van der Waals surface area contributed by atoms with E-state index < -0.39 is 0 Å². The number of ether oxygens (including phenoxy) is 1. The van der Waals surface area contributed by atoms with Gasteiger partial charge in [-0.25, -0.2) is 4.98 Å². The summed E-state index contributed by atoms with van der Waals surface area (Å²) in [4.78, 5) is 9.21. The van der Waals surface area contributed by atoms with Gasteiger partial charge in [0.05, 0.1) is 10.2 Å². The highest BCUT2D eigenvalue weighted by molar-refractivity contribution is 7.21. The van der Waals surface area contributed by atoms with Gasteiger partial charge in [-0.2, -0.15) is 0 Å². The third-order valence-electron chi connectivity index (χ3n) is 4.49.